The van der Waals surface area contributed by atoms with Crippen molar-refractivity contribution in [2.24, 2.45) is 12.8 Å². The second-order valence-electron chi connectivity index (χ2n) is 6.02. The van der Waals surface area contributed by atoms with Gasteiger partial charge in [-0.2, -0.15) is 9.83 Å². The number of benzene rings is 2. The lowest BCUT2D eigenvalue weighted by molar-refractivity contribution is -0.645. The van der Waals surface area contributed by atoms with Crippen LogP contribution in [0, 0.1) is 17.1 Å². The number of aromatic nitrogens is 1. The van der Waals surface area contributed by atoms with Gasteiger partial charge < -0.3 is 10.5 Å². The molecule has 2 N–H and O–H groups in total. The number of pyridine rings is 1. The highest BCUT2D eigenvalue weighted by Gasteiger charge is 2.34. The van der Waals surface area contributed by atoms with E-state index in [1.165, 1.54) is 12.1 Å². The minimum Gasteiger partial charge on any atom is -0.433 e. The Morgan fingerprint density at radius 3 is 2.80 bits per heavy atom. The van der Waals surface area contributed by atoms with Gasteiger partial charge in [-0.15, -0.1) is 0 Å². The van der Waals surface area contributed by atoms with Crippen LogP contribution < -0.4 is 15.0 Å². The molecule has 0 radical (unpaired) electrons. The van der Waals surface area contributed by atoms with Crippen LogP contribution >= 0.6 is 0 Å². The van der Waals surface area contributed by atoms with Gasteiger partial charge in [0.25, 0.3) is 5.52 Å². The molecule has 1 aliphatic heterocycles. The van der Waals surface area contributed by atoms with E-state index in [0.29, 0.717) is 11.3 Å². The number of allylic oxidation sites excluding steroid dienone is 1. The van der Waals surface area contributed by atoms with Gasteiger partial charge in [-0.05, 0) is 29.8 Å². The molecule has 122 valence electrons. The van der Waals surface area contributed by atoms with Crippen LogP contribution in [0.5, 0.6) is 5.75 Å². The maximum Gasteiger partial charge on any atom is 0.255 e. The number of halogens is 1. The van der Waals surface area contributed by atoms with Crippen molar-refractivity contribution >= 4 is 10.9 Å². The summed E-state index contributed by atoms with van der Waals surface area (Å²) in [6, 6.07) is 16.2. The van der Waals surface area contributed by atoms with Crippen LogP contribution in [0.3, 0.4) is 0 Å². The van der Waals surface area contributed by atoms with E-state index in [-0.39, 0.29) is 17.3 Å². The van der Waals surface area contributed by atoms with Crippen LogP contribution in [0.1, 0.15) is 17.0 Å². The number of ether oxygens (including phenoxy) is 1. The third kappa shape index (κ3) is 2.31. The van der Waals surface area contributed by atoms with E-state index in [0.717, 1.165) is 16.5 Å². The molecule has 0 bridgehead atoms. The van der Waals surface area contributed by atoms with Crippen LogP contribution in [0.15, 0.2) is 66.2 Å². The Bertz CT molecular complexity index is 1080. The summed E-state index contributed by atoms with van der Waals surface area (Å²) in [6.07, 6.45) is 1.92. The van der Waals surface area contributed by atoms with E-state index in [4.69, 9.17) is 10.5 Å². The van der Waals surface area contributed by atoms with E-state index in [2.05, 4.69) is 6.07 Å². The number of aryl methyl sites for hydroxylation is 1. The lowest BCUT2D eigenvalue weighted by atomic mass is 9.83. The summed E-state index contributed by atoms with van der Waals surface area (Å²) in [4.78, 5) is 0. The van der Waals surface area contributed by atoms with E-state index in [9.17, 15) is 9.65 Å². The highest BCUT2D eigenvalue weighted by atomic mass is 19.1. The Morgan fingerprint density at radius 2 is 2.04 bits per heavy atom. The molecule has 2 aromatic carbocycles. The number of nitriles is 1. The van der Waals surface area contributed by atoms with Gasteiger partial charge >= 0.3 is 0 Å². The van der Waals surface area contributed by atoms with E-state index in [1.807, 2.05) is 42.1 Å². The van der Waals surface area contributed by atoms with Gasteiger partial charge in [0.15, 0.2) is 6.20 Å². The molecular formula is C20H15FN3O+. The molecule has 0 fully saturated rings. The standard InChI is InChI=1S/C20H15FN3O/c1-24-9-3-5-12-7-8-15-17(13-4-2-6-14(21)10-13)16(11-22)20(23)25-19(15)18(12)24/h2-10,17H,23H2,1H3/q+1. The van der Waals surface area contributed by atoms with Gasteiger partial charge in [0, 0.05) is 11.6 Å². The number of fused-ring (bicyclic) bond motifs is 3. The Balaban J connectivity index is 2.05. The first-order valence-corrected chi connectivity index (χ1v) is 7.84. The largest absolute Gasteiger partial charge is 0.433 e. The molecule has 1 aromatic heterocycles. The van der Waals surface area contributed by atoms with E-state index < -0.39 is 5.92 Å². The fourth-order valence-electron chi connectivity index (χ4n) is 3.40. The quantitative estimate of drug-likeness (QED) is 0.697. The molecule has 4 nitrogen and oxygen atoms in total. The van der Waals surface area contributed by atoms with Crippen molar-refractivity contribution < 1.29 is 13.7 Å². The second kappa shape index (κ2) is 5.60. The highest BCUT2D eigenvalue weighted by molar-refractivity contribution is 5.84. The lowest BCUT2D eigenvalue weighted by Gasteiger charge is -2.26. The van der Waals surface area contributed by atoms with Crippen molar-refractivity contribution in [3.8, 4) is 11.8 Å². The monoisotopic (exact) mass is 332 g/mol. The first-order valence-electron chi connectivity index (χ1n) is 7.84. The van der Waals surface area contributed by atoms with Crippen molar-refractivity contribution in [2.45, 2.75) is 5.92 Å². The van der Waals surface area contributed by atoms with Gasteiger partial charge in [-0.1, -0.05) is 18.2 Å². The summed E-state index contributed by atoms with van der Waals surface area (Å²) in [5, 5.41) is 10.6. The summed E-state index contributed by atoms with van der Waals surface area (Å²) in [5.41, 5.74) is 8.67. The van der Waals surface area contributed by atoms with Crippen LogP contribution in [-0.2, 0) is 7.05 Å². The molecule has 0 saturated heterocycles. The van der Waals surface area contributed by atoms with Gasteiger partial charge in [0.2, 0.25) is 11.6 Å². The number of nitrogens with two attached hydrogens (primary N) is 1. The zero-order chi connectivity index (χ0) is 17.6. The third-order valence-electron chi connectivity index (χ3n) is 4.51. The topological polar surface area (TPSA) is 62.9 Å². The molecule has 0 saturated carbocycles. The average molecular weight is 332 g/mol. The minimum absolute atomic E-state index is 0.0561. The maximum atomic E-state index is 13.8. The molecule has 4 rings (SSSR count). The second-order valence-corrected chi connectivity index (χ2v) is 6.02. The predicted molar refractivity (Wildman–Crippen MR) is 90.8 cm³/mol. The lowest BCUT2D eigenvalue weighted by Crippen LogP contribution is -2.30. The normalized spacial score (nSPS) is 16.3. The first-order chi connectivity index (χ1) is 12.1. The van der Waals surface area contributed by atoms with Crippen molar-refractivity contribution in [2.75, 3.05) is 0 Å². The Kier molecular flexibility index (Phi) is 3.40. The molecule has 2 heterocycles. The Morgan fingerprint density at radius 1 is 1.20 bits per heavy atom. The van der Waals surface area contributed by atoms with Crippen molar-refractivity contribution in [3.63, 3.8) is 0 Å². The van der Waals surface area contributed by atoms with Crippen LogP contribution in [0.4, 0.5) is 4.39 Å². The molecule has 0 aliphatic carbocycles. The fourth-order valence-corrected chi connectivity index (χ4v) is 3.40. The van der Waals surface area contributed by atoms with Gasteiger partial charge in [0.05, 0.1) is 11.3 Å². The zero-order valence-corrected chi connectivity index (χ0v) is 13.5. The summed E-state index contributed by atoms with van der Waals surface area (Å²) in [7, 11) is 1.92. The van der Waals surface area contributed by atoms with Crippen molar-refractivity contribution in [1.82, 2.24) is 0 Å². The van der Waals surface area contributed by atoms with Gasteiger partial charge in [-0.25, -0.2) is 4.39 Å². The van der Waals surface area contributed by atoms with Crippen LogP contribution in [-0.4, -0.2) is 0 Å². The predicted octanol–water partition coefficient (Wildman–Crippen LogP) is 3.02. The van der Waals surface area contributed by atoms with E-state index in [1.54, 1.807) is 12.1 Å². The molecule has 0 amide bonds. The molecule has 1 aliphatic rings. The molecular weight excluding hydrogens is 317 g/mol. The third-order valence-corrected chi connectivity index (χ3v) is 4.51. The van der Waals surface area contributed by atoms with Crippen molar-refractivity contribution in [3.05, 3.63) is 83.1 Å². The summed E-state index contributed by atoms with van der Waals surface area (Å²) < 4.78 is 21.6. The molecule has 5 heteroatoms. The molecule has 3 aromatic rings. The van der Waals surface area contributed by atoms with Crippen LogP contribution in [0.2, 0.25) is 0 Å². The van der Waals surface area contributed by atoms with E-state index >= 15 is 0 Å². The number of hydrogen-bond donors (Lipinski definition) is 1. The number of hydrogen-bond acceptors (Lipinski definition) is 3. The zero-order valence-electron chi connectivity index (χ0n) is 13.5. The van der Waals surface area contributed by atoms with Gasteiger partial charge in [-0.3, -0.25) is 0 Å². The number of nitrogens with zero attached hydrogens (tertiary/aromatic N) is 2. The molecule has 0 spiro atoms. The fraction of sp³-hybridized carbons (Fsp3) is 0.100. The first kappa shape index (κ1) is 15.2. The average Bonchev–Trinajstić information content (AvgIpc) is 2.60. The summed E-state index contributed by atoms with van der Waals surface area (Å²) >= 11 is 0. The number of rotatable bonds is 1. The molecule has 1 atom stereocenters. The summed E-state index contributed by atoms with van der Waals surface area (Å²) in [5.74, 6) is -0.159. The maximum absolute atomic E-state index is 13.8. The van der Waals surface area contributed by atoms with Crippen molar-refractivity contribution in [1.29, 1.82) is 5.26 Å². The Hall–Kier alpha value is -3.39. The smallest absolute Gasteiger partial charge is 0.255 e. The minimum atomic E-state index is -0.464. The molecule has 25 heavy (non-hydrogen) atoms. The van der Waals surface area contributed by atoms with Gasteiger partial charge in [0.1, 0.15) is 24.5 Å². The highest BCUT2D eigenvalue weighted by Crippen LogP contribution is 2.44. The SMILES string of the molecule is C[n+]1cccc2ccc3c(c21)OC(N)=C(C#N)C3c1cccc(F)c1. The summed E-state index contributed by atoms with van der Waals surface area (Å²) in [6.45, 7) is 0. The molecule has 1 unspecified atom stereocenters. The Labute approximate surface area is 144 Å². The van der Waals surface area contributed by atoms with Crippen LogP contribution in [0.25, 0.3) is 10.9 Å².